The zero-order valence-electron chi connectivity index (χ0n) is 12.4. The van der Waals surface area contributed by atoms with Crippen molar-refractivity contribution in [1.29, 1.82) is 0 Å². The molecule has 1 aromatic carbocycles. The molecule has 2 N–H and O–H groups in total. The molecular formula is C16H23NO3. The molecule has 0 radical (unpaired) electrons. The molecule has 20 heavy (non-hydrogen) atoms. The number of hydrogen-bond acceptors (Lipinski definition) is 3. The Kier molecular flexibility index (Phi) is 4.04. The number of aliphatic hydroxyl groups excluding tert-OH is 1. The number of anilines is 1. The van der Waals surface area contributed by atoms with E-state index in [1.54, 1.807) is 0 Å². The van der Waals surface area contributed by atoms with Gasteiger partial charge in [0.15, 0.2) is 0 Å². The van der Waals surface area contributed by atoms with Crippen LogP contribution in [0.15, 0.2) is 24.3 Å². The SMILES string of the molecule is CC(C)(C)OC(=O)Nc1ccccc1CC1(CO)CC1. The van der Waals surface area contributed by atoms with Gasteiger partial charge in [-0.15, -0.1) is 0 Å². The third kappa shape index (κ3) is 3.97. The Labute approximate surface area is 120 Å². The lowest BCUT2D eigenvalue weighted by molar-refractivity contribution is 0.0635. The molecule has 1 amide bonds. The van der Waals surface area contributed by atoms with Gasteiger partial charge < -0.3 is 9.84 Å². The van der Waals surface area contributed by atoms with Gasteiger partial charge in [-0.05, 0) is 57.1 Å². The lowest BCUT2D eigenvalue weighted by atomic mass is 9.96. The average molecular weight is 277 g/mol. The third-order valence-electron chi connectivity index (χ3n) is 3.51. The van der Waals surface area contributed by atoms with Crippen molar-refractivity contribution >= 4 is 11.8 Å². The molecule has 4 heteroatoms. The smallest absolute Gasteiger partial charge is 0.412 e. The normalized spacial score (nSPS) is 16.6. The van der Waals surface area contributed by atoms with Crippen molar-refractivity contribution in [3.63, 3.8) is 0 Å². The summed E-state index contributed by atoms with van der Waals surface area (Å²) in [6.45, 7) is 5.71. The maximum absolute atomic E-state index is 11.8. The van der Waals surface area contributed by atoms with Gasteiger partial charge in [-0.3, -0.25) is 5.32 Å². The van der Waals surface area contributed by atoms with Crippen LogP contribution in [0.25, 0.3) is 0 Å². The number of rotatable bonds is 4. The molecule has 110 valence electrons. The molecule has 0 atom stereocenters. The summed E-state index contributed by atoms with van der Waals surface area (Å²) in [6.07, 6.45) is 2.43. The van der Waals surface area contributed by atoms with Crippen LogP contribution in [0.2, 0.25) is 0 Å². The highest BCUT2D eigenvalue weighted by atomic mass is 16.6. The maximum Gasteiger partial charge on any atom is 0.412 e. The van der Waals surface area contributed by atoms with E-state index in [1.807, 2.05) is 45.0 Å². The Morgan fingerprint density at radius 2 is 2.00 bits per heavy atom. The lowest BCUT2D eigenvalue weighted by Gasteiger charge is -2.21. The number of ether oxygens (including phenoxy) is 1. The highest BCUT2D eigenvalue weighted by Gasteiger charge is 2.42. The summed E-state index contributed by atoms with van der Waals surface area (Å²) in [7, 11) is 0. The van der Waals surface area contributed by atoms with Gasteiger partial charge in [-0.25, -0.2) is 4.79 Å². The molecule has 0 aromatic heterocycles. The summed E-state index contributed by atoms with van der Waals surface area (Å²) in [5.41, 5.74) is 1.32. The van der Waals surface area contributed by atoms with Crippen LogP contribution in [-0.2, 0) is 11.2 Å². The molecule has 0 saturated heterocycles. The molecule has 1 saturated carbocycles. The minimum absolute atomic E-state index is 0.0196. The Morgan fingerprint density at radius 1 is 1.35 bits per heavy atom. The van der Waals surface area contributed by atoms with Gasteiger partial charge >= 0.3 is 6.09 Å². The monoisotopic (exact) mass is 277 g/mol. The molecule has 0 heterocycles. The maximum atomic E-state index is 11.8. The van der Waals surface area contributed by atoms with Crippen molar-refractivity contribution in [2.45, 2.75) is 45.6 Å². The highest BCUT2D eigenvalue weighted by molar-refractivity contribution is 5.86. The molecule has 1 fully saturated rings. The Morgan fingerprint density at radius 3 is 2.55 bits per heavy atom. The van der Waals surface area contributed by atoms with E-state index in [2.05, 4.69) is 5.32 Å². The number of aliphatic hydroxyl groups is 1. The molecule has 1 aromatic rings. The Balaban J connectivity index is 2.06. The molecule has 0 bridgehead atoms. The molecule has 4 nitrogen and oxygen atoms in total. The second-order valence-corrected chi connectivity index (χ2v) is 6.62. The molecule has 0 spiro atoms. The molecule has 0 unspecified atom stereocenters. The zero-order chi connectivity index (χ0) is 14.8. The van der Waals surface area contributed by atoms with Crippen LogP contribution in [0, 0.1) is 5.41 Å². The predicted octanol–water partition coefficient (Wildman–Crippen LogP) is 3.35. The first-order chi connectivity index (χ1) is 9.34. The van der Waals surface area contributed by atoms with Gasteiger partial charge in [-0.1, -0.05) is 18.2 Å². The van der Waals surface area contributed by atoms with E-state index in [-0.39, 0.29) is 12.0 Å². The van der Waals surface area contributed by atoms with E-state index < -0.39 is 11.7 Å². The van der Waals surface area contributed by atoms with Crippen molar-refractivity contribution in [1.82, 2.24) is 0 Å². The lowest BCUT2D eigenvalue weighted by Crippen LogP contribution is -2.27. The van der Waals surface area contributed by atoms with Crippen molar-refractivity contribution in [3.8, 4) is 0 Å². The summed E-state index contributed by atoms with van der Waals surface area (Å²) in [4.78, 5) is 11.8. The largest absolute Gasteiger partial charge is 0.444 e. The van der Waals surface area contributed by atoms with Crippen LogP contribution >= 0.6 is 0 Å². The van der Waals surface area contributed by atoms with E-state index in [1.165, 1.54) is 0 Å². The number of benzene rings is 1. The van der Waals surface area contributed by atoms with Crippen LogP contribution in [0.4, 0.5) is 10.5 Å². The number of carbonyl (C=O) groups excluding carboxylic acids is 1. The first kappa shape index (κ1) is 14.9. The topological polar surface area (TPSA) is 58.6 Å². The zero-order valence-corrected chi connectivity index (χ0v) is 12.4. The van der Waals surface area contributed by atoms with Crippen LogP contribution in [-0.4, -0.2) is 23.4 Å². The van der Waals surface area contributed by atoms with E-state index in [0.717, 1.165) is 30.5 Å². The minimum Gasteiger partial charge on any atom is -0.444 e. The Bertz CT molecular complexity index is 487. The second-order valence-electron chi connectivity index (χ2n) is 6.62. The van der Waals surface area contributed by atoms with Crippen LogP contribution in [0.5, 0.6) is 0 Å². The molecule has 0 aliphatic heterocycles. The van der Waals surface area contributed by atoms with Gasteiger partial charge in [0.05, 0.1) is 0 Å². The van der Waals surface area contributed by atoms with Gasteiger partial charge in [0, 0.05) is 12.3 Å². The van der Waals surface area contributed by atoms with Gasteiger partial charge in [0.25, 0.3) is 0 Å². The van der Waals surface area contributed by atoms with Gasteiger partial charge in [-0.2, -0.15) is 0 Å². The van der Waals surface area contributed by atoms with Crippen molar-refractivity contribution in [3.05, 3.63) is 29.8 Å². The highest BCUT2D eigenvalue weighted by Crippen LogP contribution is 2.48. The summed E-state index contributed by atoms with van der Waals surface area (Å²) in [6, 6.07) is 7.69. The third-order valence-corrected chi connectivity index (χ3v) is 3.51. The van der Waals surface area contributed by atoms with Crippen LogP contribution < -0.4 is 5.32 Å². The average Bonchev–Trinajstić information content (AvgIpc) is 3.10. The first-order valence-corrected chi connectivity index (χ1v) is 7.02. The second kappa shape index (κ2) is 5.44. The standard InChI is InChI=1S/C16H23NO3/c1-15(2,3)20-14(19)17-13-7-5-4-6-12(13)10-16(11-18)8-9-16/h4-7,18H,8-11H2,1-3H3,(H,17,19). The number of hydrogen-bond donors (Lipinski definition) is 2. The number of amides is 1. The fraction of sp³-hybridized carbons (Fsp3) is 0.562. The molecular weight excluding hydrogens is 254 g/mol. The Hall–Kier alpha value is -1.55. The summed E-state index contributed by atoms with van der Waals surface area (Å²) in [5, 5.41) is 12.2. The van der Waals surface area contributed by atoms with E-state index in [4.69, 9.17) is 4.74 Å². The predicted molar refractivity (Wildman–Crippen MR) is 78.8 cm³/mol. The summed E-state index contributed by atoms with van der Waals surface area (Å²) in [5.74, 6) is 0. The first-order valence-electron chi connectivity index (χ1n) is 7.02. The van der Waals surface area contributed by atoms with Crippen molar-refractivity contribution < 1.29 is 14.6 Å². The number of para-hydroxylation sites is 1. The summed E-state index contributed by atoms with van der Waals surface area (Å²) < 4.78 is 5.27. The molecule has 2 rings (SSSR count). The fourth-order valence-corrected chi connectivity index (χ4v) is 2.18. The minimum atomic E-state index is -0.512. The number of carbonyl (C=O) groups is 1. The van der Waals surface area contributed by atoms with Crippen molar-refractivity contribution in [2.24, 2.45) is 5.41 Å². The van der Waals surface area contributed by atoms with Gasteiger partial charge in [0.2, 0.25) is 0 Å². The van der Waals surface area contributed by atoms with E-state index in [0.29, 0.717) is 0 Å². The van der Waals surface area contributed by atoms with Crippen LogP contribution in [0.3, 0.4) is 0 Å². The quantitative estimate of drug-likeness (QED) is 0.887. The fourth-order valence-electron chi connectivity index (χ4n) is 2.18. The van der Waals surface area contributed by atoms with E-state index in [9.17, 15) is 9.90 Å². The summed E-state index contributed by atoms with van der Waals surface area (Å²) >= 11 is 0. The number of nitrogens with one attached hydrogen (secondary N) is 1. The molecule has 1 aliphatic rings. The molecule has 1 aliphatic carbocycles. The van der Waals surface area contributed by atoms with Crippen molar-refractivity contribution in [2.75, 3.05) is 11.9 Å². The van der Waals surface area contributed by atoms with E-state index >= 15 is 0 Å². The van der Waals surface area contributed by atoms with Crippen LogP contribution in [0.1, 0.15) is 39.2 Å². The van der Waals surface area contributed by atoms with Gasteiger partial charge in [0.1, 0.15) is 5.60 Å².